The minimum absolute atomic E-state index is 0.139. The summed E-state index contributed by atoms with van der Waals surface area (Å²) in [6.07, 6.45) is -5.75. The Bertz CT molecular complexity index is 2730. The van der Waals surface area contributed by atoms with Crippen molar-refractivity contribution >= 4 is 63.3 Å². The van der Waals surface area contributed by atoms with Crippen molar-refractivity contribution in [3.8, 4) is 0 Å². The summed E-state index contributed by atoms with van der Waals surface area (Å²) in [7, 11) is 3.92. The Labute approximate surface area is 401 Å². The standard InChI is InChI=1S/C24H24F3N7.C12H9ClN4.C12H16F3N3/c1-28-16-17-4-3-5-18(14-17)30-22-8-9-29-23(32-22)31-19-6-7-21(20(15-19)24(25,26)27)34-12-10-33(2)11-13-34;1-14-8-9-3-2-4-10(7-9)16-11-5-6-15-12(13)17-11;1-17-4-6-18(7-5-17)11-3-2-9(16)8-10(11)12(13,14)15/h3-9,14-15H,10-13,16H2,2H3,(H2,29,30,31,32);2-7H,8H2,(H,15,16,17);2-3,8H,4-7,16H2,1H3. The maximum atomic E-state index is 13.9. The van der Waals surface area contributed by atoms with Crippen LogP contribution in [-0.2, 0) is 25.4 Å². The fourth-order valence-electron chi connectivity index (χ4n) is 7.26. The number of rotatable bonds is 10. The lowest BCUT2D eigenvalue weighted by molar-refractivity contribution is -0.137. The third kappa shape index (κ3) is 15.3. The van der Waals surface area contributed by atoms with E-state index in [9.17, 15) is 26.3 Å². The van der Waals surface area contributed by atoms with E-state index < -0.39 is 23.5 Å². The van der Waals surface area contributed by atoms with Crippen molar-refractivity contribution in [3.63, 3.8) is 0 Å². The molecular weight excluding hydrogens is 922 g/mol. The van der Waals surface area contributed by atoms with E-state index in [1.165, 1.54) is 24.4 Å². The monoisotopic (exact) mass is 970 g/mol. The van der Waals surface area contributed by atoms with E-state index in [0.717, 1.165) is 47.7 Å². The number of nitrogens with two attached hydrogens (primary N) is 1. The third-order valence-corrected chi connectivity index (χ3v) is 11.0. The molecule has 0 bridgehead atoms. The Morgan fingerprint density at radius 2 is 1.04 bits per heavy atom. The van der Waals surface area contributed by atoms with Gasteiger partial charge in [0.15, 0.2) is 0 Å². The normalized spacial score (nSPS) is 14.2. The molecule has 0 saturated carbocycles. The van der Waals surface area contributed by atoms with E-state index >= 15 is 0 Å². The number of piperazine rings is 2. The lowest BCUT2D eigenvalue weighted by Gasteiger charge is -2.35. The first-order valence-electron chi connectivity index (χ1n) is 21.5. The molecule has 4 heterocycles. The van der Waals surface area contributed by atoms with Gasteiger partial charge in [-0.25, -0.2) is 28.1 Å². The first-order valence-corrected chi connectivity index (χ1v) is 21.9. The minimum atomic E-state index is -4.49. The Balaban J connectivity index is 0.000000188. The highest BCUT2D eigenvalue weighted by molar-refractivity contribution is 6.28. The molecule has 14 nitrogen and oxygen atoms in total. The average molecular weight is 971 g/mol. The molecule has 2 aliphatic heterocycles. The molecule has 2 aliphatic rings. The summed E-state index contributed by atoms with van der Waals surface area (Å²) in [4.78, 5) is 30.8. The molecule has 21 heteroatoms. The Hall–Kier alpha value is -7.39. The van der Waals surface area contributed by atoms with E-state index in [2.05, 4.69) is 55.4 Å². The van der Waals surface area contributed by atoms with Crippen molar-refractivity contribution < 1.29 is 26.3 Å². The van der Waals surface area contributed by atoms with E-state index in [0.29, 0.717) is 57.4 Å². The van der Waals surface area contributed by atoms with Crippen LogP contribution in [0.4, 0.5) is 78.1 Å². The molecule has 6 aromatic rings. The minimum Gasteiger partial charge on any atom is -0.399 e. The zero-order chi connectivity index (χ0) is 49.6. The van der Waals surface area contributed by atoms with Crippen LogP contribution in [0.25, 0.3) is 9.69 Å². The van der Waals surface area contributed by atoms with Gasteiger partial charge in [-0.3, -0.25) is 0 Å². The lowest BCUT2D eigenvalue weighted by atomic mass is 10.1. The topological polar surface area (TPSA) is 135 Å². The molecule has 69 heavy (non-hydrogen) atoms. The first kappa shape index (κ1) is 51.0. The molecule has 5 N–H and O–H groups in total. The maximum absolute atomic E-state index is 13.9. The molecule has 0 amide bonds. The number of alkyl halides is 6. The van der Waals surface area contributed by atoms with Crippen molar-refractivity contribution in [2.45, 2.75) is 25.4 Å². The molecule has 0 atom stereocenters. The van der Waals surface area contributed by atoms with Crippen LogP contribution in [0.3, 0.4) is 0 Å². The summed E-state index contributed by atoms with van der Waals surface area (Å²) < 4.78 is 80.5. The number of nitrogen functional groups attached to an aromatic ring is 1. The molecule has 2 fully saturated rings. The number of nitrogens with zero attached hydrogens (tertiary/aromatic N) is 10. The number of aromatic nitrogens is 4. The molecule has 8 rings (SSSR count). The summed E-state index contributed by atoms with van der Waals surface area (Å²) in [5, 5.41) is 9.32. The predicted octanol–water partition coefficient (Wildman–Crippen LogP) is 10.5. The Morgan fingerprint density at radius 3 is 1.54 bits per heavy atom. The molecule has 4 aromatic carbocycles. The van der Waals surface area contributed by atoms with Crippen molar-refractivity contribution in [3.05, 3.63) is 160 Å². The average Bonchev–Trinajstić information content (AvgIpc) is 3.30. The van der Waals surface area contributed by atoms with Gasteiger partial charge in [0.2, 0.25) is 24.3 Å². The highest BCUT2D eigenvalue weighted by atomic mass is 35.5. The van der Waals surface area contributed by atoms with Crippen LogP contribution < -0.4 is 31.5 Å². The largest absolute Gasteiger partial charge is 0.418 e. The van der Waals surface area contributed by atoms with Gasteiger partial charge in [-0.05, 0) is 98.5 Å². The van der Waals surface area contributed by atoms with Gasteiger partial charge < -0.3 is 51.0 Å². The van der Waals surface area contributed by atoms with Crippen LogP contribution in [0.5, 0.6) is 0 Å². The predicted molar refractivity (Wildman–Crippen MR) is 259 cm³/mol. The number of likely N-dealkylation sites (N-methyl/N-ethyl adjacent to an activating group) is 2. The smallest absolute Gasteiger partial charge is 0.399 e. The van der Waals surface area contributed by atoms with Gasteiger partial charge in [0.1, 0.15) is 11.6 Å². The van der Waals surface area contributed by atoms with Crippen LogP contribution in [0, 0.1) is 13.1 Å². The van der Waals surface area contributed by atoms with E-state index in [4.69, 9.17) is 30.5 Å². The Morgan fingerprint density at radius 1 is 0.580 bits per heavy atom. The quantitative estimate of drug-likeness (QED) is 0.0450. The second-order valence-corrected chi connectivity index (χ2v) is 16.3. The molecule has 0 unspecified atom stereocenters. The number of hydrogen-bond acceptors (Lipinski definition) is 12. The second kappa shape index (κ2) is 23.6. The molecule has 0 radical (unpaired) electrons. The summed E-state index contributed by atoms with van der Waals surface area (Å²) in [6, 6.07) is 26.6. The summed E-state index contributed by atoms with van der Waals surface area (Å²) in [5.41, 5.74) is 8.37. The van der Waals surface area contributed by atoms with Gasteiger partial charge in [-0.1, -0.05) is 24.3 Å². The second-order valence-electron chi connectivity index (χ2n) is 16.0. The van der Waals surface area contributed by atoms with Crippen molar-refractivity contribution in [2.75, 3.05) is 97.9 Å². The SMILES string of the molecule is CN1CCN(c2ccc(N)cc2C(F)(F)F)CC1.[C-]#[N+]Cc1cccc(Nc2ccnc(Cl)n2)c1.[C-]#[N+]Cc1cccc(Nc2ccnc(Nc3ccc(N4CCN(C)CC4)c(C(F)(F)F)c3)n2)c1. The summed E-state index contributed by atoms with van der Waals surface area (Å²) >= 11 is 5.69. The van der Waals surface area contributed by atoms with Crippen LogP contribution >= 0.6 is 11.6 Å². The van der Waals surface area contributed by atoms with Crippen LogP contribution in [0.15, 0.2) is 109 Å². The van der Waals surface area contributed by atoms with Gasteiger partial charge in [-0.15, -0.1) is 0 Å². The number of halogens is 7. The number of benzene rings is 4. The van der Waals surface area contributed by atoms with E-state index in [-0.39, 0.29) is 40.5 Å². The van der Waals surface area contributed by atoms with Crippen molar-refractivity contribution in [1.82, 2.24) is 29.7 Å². The van der Waals surface area contributed by atoms with Crippen LogP contribution in [0.1, 0.15) is 22.3 Å². The fourth-order valence-corrected chi connectivity index (χ4v) is 7.41. The number of nitrogens with one attached hydrogen (secondary N) is 3. The molecular formula is C48H49ClF6N14. The summed E-state index contributed by atoms with van der Waals surface area (Å²) in [5.74, 6) is 1.27. The fraction of sp³-hybridized carbons (Fsp3) is 0.292. The van der Waals surface area contributed by atoms with Crippen molar-refractivity contribution in [1.29, 1.82) is 0 Å². The molecule has 0 spiro atoms. The number of hydrogen-bond donors (Lipinski definition) is 4. The zero-order valence-corrected chi connectivity index (χ0v) is 38.4. The molecule has 2 aromatic heterocycles. The zero-order valence-electron chi connectivity index (χ0n) is 37.7. The number of anilines is 9. The lowest BCUT2D eigenvalue weighted by Crippen LogP contribution is -2.45. The highest BCUT2D eigenvalue weighted by Gasteiger charge is 2.37. The van der Waals surface area contributed by atoms with Gasteiger partial charge in [0, 0.05) is 110 Å². The van der Waals surface area contributed by atoms with Crippen LogP contribution in [0.2, 0.25) is 5.28 Å². The Kier molecular flexibility index (Phi) is 17.4. The van der Waals surface area contributed by atoms with Gasteiger partial charge in [0.25, 0.3) is 0 Å². The highest BCUT2D eigenvalue weighted by Crippen LogP contribution is 2.40. The maximum Gasteiger partial charge on any atom is 0.418 e. The van der Waals surface area contributed by atoms with Crippen LogP contribution in [-0.4, -0.2) is 96.2 Å². The summed E-state index contributed by atoms with van der Waals surface area (Å²) in [6.45, 7) is 19.7. The van der Waals surface area contributed by atoms with E-state index in [1.54, 1.807) is 34.2 Å². The van der Waals surface area contributed by atoms with Gasteiger partial charge in [0.05, 0.1) is 11.1 Å². The third-order valence-electron chi connectivity index (χ3n) is 10.8. The molecule has 0 aliphatic carbocycles. The molecule has 360 valence electrons. The van der Waals surface area contributed by atoms with Gasteiger partial charge in [-0.2, -0.15) is 31.3 Å². The van der Waals surface area contributed by atoms with E-state index in [1.807, 2.05) is 62.6 Å². The van der Waals surface area contributed by atoms with Gasteiger partial charge >= 0.3 is 12.4 Å². The molecule has 2 saturated heterocycles. The van der Waals surface area contributed by atoms with Crippen molar-refractivity contribution in [2.24, 2.45) is 0 Å². The first-order chi connectivity index (χ1) is 33.0.